The van der Waals surface area contributed by atoms with Crippen molar-refractivity contribution >= 4 is 28.9 Å². The summed E-state index contributed by atoms with van der Waals surface area (Å²) >= 11 is 0. The minimum atomic E-state index is -0.233. The van der Waals surface area contributed by atoms with E-state index in [0.717, 1.165) is 47.7 Å². The molecule has 1 amide bonds. The Balaban J connectivity index is 1.48. The van der Waals surface area contributed by atoms with Crippen LogP contribution in [0, 0.1) is 6.92 Å². The van der Waals surface area contributed by atoms with Gasteiger partial charge in [-0.05, 0) is 81.0 Å². The number of amidine groups is 1. The number of hydrogen-bond acceptors (Lipinski definition) is 6. The molecule has 1 unspecified atom stereocenters. The Kier molecular flexibility index (Phi) is 7.77. The summed E-state index contributed by atoms with van der Waals surface area (Å²) in [7, 11) is 0. The molecule has 3 aromatic rings. The molecule has 0 saturated carbocycles. The highest BCUT2D eigenvalue weighted by Crippen LogP contribution is 2.34. The minimum Gasteiger partial charge on any atom is -0.399 e. The number of nitrogens with two attached hydrogens (primary N) is 2. The van der Waals surface area contributed by atoms with E-state index in [1.165, 1.54) is 5.56 Å². The van der Waals surface area contributed by atoms with E-state index in [1.807, 2.05) is 51.1 Å². The first-order valence-corrected chi connectivity index (χ1v) is 12.5. The van der Waals surface area contributed by atoms with Gasteiger partial charge in [-0.25, -0.2) is 4.98 Å². The van der Waals surface area contributed by atoms with E-state index in [4.69, 9.17) is 11.6 Å². The standard InChI is InChI=1S/C29H35N7O/c1-18(2)33-27-12-9-24(17-32-27)29(37)34-26-16-23(6-5-19(26)3)28(35-31)36-14-13-22(15-20(36)4)21-7-10-25(30)11-8-21/h5-12,16-18,22H,4,13-15,30-31H2,1-3H3,(H,32,33)(H,34,37)/b35-28-. The van der Waals surface area contributed by atoms with Crippen LogP contribution in [-0.2, 0) is 0 Å². The van der Waals surface area contributed by atoms with Crippen molar-refractivity contribution in [3.05, 3.63) is 95.3 Å². The van der Waals surface area contributed by atoms with Crippen molar-refractivity contribution in [2.75, 3.05) is 22.9 Å². The third kappa shape index (κ3) is 6.09. The predicted molar refractivity (Wildman–Crippen MR) is 152 cm³/mol. The van der Waals surface area contributed by atoms with Crippen LogP contribution in [0.2, 0.25) is 0 Å². The average Bonchev–Trinajstić information content (AvgIpc) is 2.87. The summed E-state index contributed by atoms with van der Waals surface area (Å²) in [6, 6.07) is 17.7. The van der Waals surface area contributed by atoms with Crippen LogP contribution in [0.4, 0.5) is 17.2 Å². The summed E-state index contributed by atoms with van der Waals surface area (Å²) in [5.74, 6) is 7.37. The number of pyridine rings is 1. The number of amides is 1. The van der Waals surface area contributed by atoms with Gasteiger partial charge in [0.05, 0.1) is 5.56 Å². The SMILES string of the molecule is C=C1CC(c2ccc(N)cc2)CCN1/C(=N\N)c1ccc(C)c(NC(=O)c2ccc(NC(C)C)nc2)c1. The lowest BCUT2D eigenvalue weighted by Gasteiger charge is -2.36. The van der Waals surface area contributed by atoms with Gasteiger partial charge in [-0.3, -0.25) is 4.79 Å². The summed E-state index contributed by atoms with van der Waals surface area (Å²) in [5, 5.41) is 10.3. The highest BCUT2D eigenvalue weighted by molar-refractivity contribution is 6.06. The summed E-state index contributed by atoms with van der Waals surface area (Å²) in [5.41, 5.74) is 11.7. The summed E-state index contributed by atoms with van der Waals surface area (Å²) in [4.78, 5) is 19.3. The smallest absolute Gasteiger partial charge is 0.257 e. The highest BCUT2D eigenvalue weighted by atomic mass is 16.1. The van der Waals surface area contributed by atoms with E-state index in [2.05, 4.69) is 44.3 Å². The molecule has 1 saturated heterocycles. The van der Waals surface area contributed by atoms with Gasteiger partial charge < -0.3 is 27.1 Å². The fourth-order valence-electron chi connectivity index (χ4n) is 4.55. The molecule has 192 valence electrons. The van der Waals surface area contributed by atoms with E-state index in [9.17, 15) is 4.79 Å². The zero-order chi connectivity index (χ0) is 26.5. The molecule has 1 aromatic heterocycles. The Bertz CT molecular complexity index is 1300. The van der Waals surface area contributed by atoms with Crippen molar-refractivity contribution in [3.63, 3.8) is 0 Å². The van der Waals surface area contributed by atoms with Crippen LogP contribution in [0.3, 0.4) is 0 Å². The lowest BCUT2D eigenvalue weighted by molar-refractivity contribution is 0.102. The van der Waals surface area contributed by atoms with Crippen molar-refractivity contribution in [3.8, 4) is 0 Å². The quantitative estimate of drug-likeness (QED) is 0.124. The lowest BCUT2D eigenvalue weighted by atomic mass is 9.87. The maximum atomic E-state index is 12.9. The van der Waals surface area contributed by atoms with Crippen LogP contribution in [0.25, 0.3) is 0 Å². The summed E-state index contributed by atoms with van der Waals surface area (Å²) in [6.07, 6.45) is 3.31. The Morgan fingerprint density at radius 3 is 2.49 bits per heavy atom. The van der Waals surface area contributed by atoms with Gasteiger partial charge in [0.2, 0.25) is 0 Å². The van der Waals surface area contributed by atoms with Crippen molar-refractivity contribution in [2.45, 2.75) is 45.6 Å². The molecular weight excluding hydrogens is 462 g/mol. The number of rotatable bonds is 6. The van der Waals surface area contributed by atoms with Gasteiger partial charge in [-0.1, -0.05) is 30.8 Å². The monoisotopic (exact) mass is 497 g/mol. The molecule has 1 fully saturated rings. The number of nitrogen functional groups attached to an aromatic ring is 1. The van der Waals surface area contributed by atoms with E-state index in [-0.39, 0.29) is 11.9 Å². The zero-order valence-corrected chi connectivity index (χ0v) is 21.7. The zero-order valence-electron chi connectivity index (χ0n) is 21.7. The molecule has 8 nitrogen and oxygen atoms in total. The molecule has 1 atom stereocenters. The first kappa shape index (κ1) is 25.8. The number of hydrazone groups is 1. The van der Waals surface area contributed by atoms with Gasteiger partial charge in [0.15, 0.2) is 5.84 Å². The van der Waals surface area contributed by atoms with Crippen LogP contribution in [0.15, 0.2) is 78.2 Å². The average molecular weight is 498 g/mol. The molecule has 0 bridgehead atoms. The van der Waals surface area contributed by atoms with Gasteiger partial charge in [0, 0.05) is 41.4 Å². The second kappa shape index (κ2) is 11.2. The fraction of sp³-hybridized carbons (Fsp3) is 0.276. The van der Waals surface area contributed by atoms with Crippen LogP contribution >= 0.6 is 0 Å². The molecule has 0 radical (unpaired) electrons. The van der Waals surface area contributed by atoms with E-state index in [1.54, 1.807) is 18.3 Å². The van der Waals surface area contributed by atoms with Crippen molar-refractivity contribution in [1.82, 2.24) is 9.88 Å². The topological polar surface area (TPSA) is 122 Å². The predicted octanol–water partition coefficient (Wildman–Crippen LogP) is 5.06. The van der Waals surface area contributed by atoms with E-state index < -0.39 is 0 Å². The number of nitrogens with one attached hydrogen (secondary N) is 2. The number of allylic oxidation sites excluding steroid dienone is 1. The van der Waals surface area contributed by atoms with Crippen molar-refractivity contribution in [1.29, 1.82) is 0 Å². The molecule has 8 heteroatoms. The number of anilines is 3. The first-order chi connectivity index (χ1) is 17.7. The Morgan fingerprint density at radius 2 is 1.86 bits per heavy atom. The Morgan fingerprint density at radius 1 is 1.14 bits per heavy atom. The van der Waals surface area contributed by atoms with E-state index >= 15 is 0 Å². The number of aryl methyl sites for hydroxylation is 1. The van der Waals surface area contributed by atoms with Crippen LogP contribution in [0.1, 0.15) is 59.7 Å². The molecule has 1 aliphatic rings. The fourth-order valence-corrected chi connectivity index (χ4v) is 4.55. The third-order valence-electron chi connectivity index (χ3n) is 6.56. The minimum absolute atomic E-state index is 0.233. The molecule has 2 aromatic carbocycles. The number of carbonyl (C=O) groups excluding carboxylic acids is 1. The molecule has 0 spiro atoms. The van der Waals surface area contributed by atoms with Crippen LogP contribution in [0.5, 0.6) is 0 Å². The number of piperidine rings is 1. The van der Waals surface area contributed by atoms with Crippen molar-refractivity contribution in [2.24, 2.45) is 10.9 Å². The van der Waals surface area contributed by atoms with E-state index in [0.29, 0.717) is 23.0 Å². The third-order valence-corrected chi connectivity index (χ3v) is 6.56. The highest BCUT2D eigenvalue weighted by Gasteiger charge is 2.27. The van der Waals surface area contributed by atoms with Gasteiger partial charge in [-0.2, -0.15) is 5.10 Å². The number of aromatic nitrogens is 1. The maximum Gasteiger partial charge on any atom is 0.257 e. The molecule has 0 aliphatic carbocycles. The molecular formula is C29H35N7O. The summed E-state index contributed by atoms with van der Waals surface area (Å²) < 4.78 is 0. The largest absolute Gasteiger partial charge is 0.399 e. The number of likely N-dealkylation sites (tertiary alicyclic amines) is 1. The second-order valence-corrected chi connectivity index (χ2v) is 9.74. The van der Waals surface area contributed by atoms with Gasteiger partial charge in [-0.15, -0.1) is 0 Å². The van der Waals surface area contributed by atoms with Crippen LogP contribution in [-0.4, -0.2) is 34.2 Å². The molecule has 2 heterocycles. The van der Waals surface area contributed by atoms with Gasteiger partial charge in [0.1, 0.15) is 5.82 Å². The molecule has 6 N–H and O–H groups in total. The van der Waals surface area contributed by atoms with Gasteiger partial charge in [0.25, 0.3) is 5.91 Å². The van der Waals surface area contributed by atoms with Gasteiger partial charge >= 0.3 is 0 Å². The first-order valence-electron chi connectivity index (χ1n) is 12.5. The number of hydrogen-bond donors (Lipinski definition) is 4. The Hall–Kier alpha value is -4.33. The maximum absolute atomic E-state index is 12.9. The number of benzene rings is 2. The van der Waals surface area contributed by atoms with Crippen LogP contribution < -0.4 is 22.2 Å². The lowest BCUT2D eigenvalue weighted by Crippen LogP contribution is -2.37. The summed E-state index contributed by atoms with van der Waals surface area (Å²) in [6.45, 7) is 11.1. The molecule has 4 rings (SSSR count). The second-order valence-electron chi connectivity index (χ2n) is 9.74. The Labute approximate surface area is 218 Å². The molecule has 1 aliphatic heterocycles. The normalized spacial score (nSPS) is 16.1. The number of nitrogens with zero attached hydrogens (tertiary/aromatic N) is 3. The molecule has 37 heavy (non-hydrogen) atoms. The number of carbonyl (C=O) groups is 1. The van der Waals surface area contributed by atoms with Crippen molar-refractivity contribution < 1.29 is 4.79 Å².